The Morgan fingerprint density at radius 2 is 1.41 bits per heavy atom. The molecule has 0 fully saturated rings. The molecule has 4 N–H and O–H groups in total. The van der Waals surface area contributed by atoms with Crippen molar-refractivity contribution in [1.82, 2.24) is 9.97 Å². The summed E-state index contributed by atoms with van der Waals surface area (Å²) in [4.78, 5) is 8.40. The number of anilines is 5. The van der Waals surface area contributed by atoms with Gasteiger partial charge in [-0.15, -0.1) is 0 Å². The van der Waals surface area contributed by atoms with Gasteiger partial charge in [-0.1, -0.05) is 18.2 Å². The minimum Gasteiger partial charge on any atom is -0.373 e. The molecule has 0 saturated heterocycles. The number of hydrogen-bond donors (Lipinski definition) is 4. The standard InChI is InChI=1S/C18H20N6O2S/c1-19-16-12-17(23-18(20-2)22-16)24-27(25,26)15-10-8-14(9-11-15)21-13-6-4-3-5-7-13/h3-12,21H,1-2H3,(H3,19,20,22,23,24). The lowest BCUT2D eigenvalue weighted by Crippen LogP contribution is -2.15. The van der Waals surface area contributed by atoms with E-state index in [1.807, 2.05) is 30.3 Å². The minimum atomic E-state index is -3.78. The lowest BCUT2D eigenvalue weighted by atomic mass is 10.3. The second-order valence-electron chi connectivity index (χ2n) is 5.58. The maximum atomic E-state index is 12.6. The summed E-state index contributed by atoms with van der Waals surface area (Å²) in [7, 11) is -0.425. The van der Waals surface area contributed by atoms with Crippen molar-refractivity contribution in [3.8, 4) is 0 Å². The van der Waals surface area contributed by atoms with Gasteiger partial charge < -0.3 is 16.0 Å². The summed E-state index contributed by atoms with van der Waals surface area (Å²) >= 11 is 0. The fraction of sp³-hybridized carbons (Fsp3) is 0.111. The molecule has 3 rings (SSSR count). The SMILES string of the molecule is CNc1cc(NS(=O)(=O)c2ccc(Nc3ccccc3)cc2)nc(NC)n1. The summed E-state index contributed by atoms with van der Waals surface area (Å²) in [5, 5.41) is 8.87. The Balaban J connectivity index is 1.79. The van der Waals surface area contributed by atoms with Crippen LogP contribution in [0, 0.1) is 0 Å². The summed E-state index contributed by atoms with van der Waals surface area (Å²) in [6, 6.07) is 17.6. The number of nitrogens with one attached hydrogen (secondary N) is 4. The predicted octanol–water partition coefficient (Wildman–Crippen LogP) is 3.10. The predicted molar refractivity (Wildman–Crippen MR) is 108 cm³/mol. The van der Waals surface area contributed by atoms with Crippen molar-refractivity contribution in [2.45, 2.75) is 4.90 Å². The molecule has 0 radical (unpaired) electrons. The van der Waals surface area contributed by atoms with Crippen LogP contribution in [0.4, 0.5) is 29.0 Å². The Labute approximate surface area is 158 Å². The van der Waals surface area contributed by atoms with Gasteiger partial charge in [0.25, 0.3) is 10.0 Å². The lowest BCUT2D eigenvalue weighted by Gasteiger charge is -2.11. The van der Waals surface area contributed by atoms with Crippen LogP contribution in [0.25, 0.3) is 0 Å². The highest BCUT2D eigenvalue weighted by Crippen LogP contribution is 2.21. The smallest absolute Gasteiger partial charge is 0.263 e. The van der Waals surface area contributed by atoms with E-state index in [0.717, 1.165) is 11.4 Å². The van der Waals surface area contributed by atoms with Crippen LogP contribution in [-0.4, -0.2) is 32.5 Å². The molecule has 3 aromatic rings. The molecule has 0 atom stereocenters. The average Bonchev–Trinajstić information content (AvgIpc) is 2.68. The molecule has 0 spiro atoms. The van der Waals surface area contributed by atoms with E-state index in [-0.39, 0.29) is 10.7 Å². The molecule has 0 aliphatic rings. The number of sulfonamides is 1. The first-order chi connectivity index (χ1) is 13.0. The normalized spacial score (nSPS) is 10.9. The molecule has 9 heteroatoms. The van der Waals surface area contributed by atoms with Crippen LogP contribution in [0.2, 0.25) is 0 Å². The Kier molecular flexibility index (Phi) is 5.41. The van der Waals surface area contributed by atoms with E-state index in [2.05, 4.69) is 30.6 Å². The first kappa shape index (κ1) is 18.5. The summed E-state index contributed by atoms with van der Waals surface area (Å²) in [5.41, 5.74) is 1.71. The van der Waals surface area contributed by atoms with Gasteiger partial charge in [-0.2, -0.15) is 9.97 Å². The van der Waals surface area contributed by atoms with Gasteiger partial charge in [0, 0.05) is 31.5 Å². The fourth-order valence-corrected chi connectivity index (χ4v) is 3.33. The molecule has 0 amide bonds. The zero-order valence-corrected chi connectivity index (χ0v) is 15.7. The molecule has 0 bridgehead atoms. The van der Waals surface area contributed by atoms with Crippen LogP contribution < -0.4 is 20.7 Å². The van der Waals surface area contributed by atoms with Crippen molar-refractivity contribution in [3.63, 3.8) is 0 Å². The molecular formula is C18H20N6O2S. The van der Waals surface area contributed by atoms with Crippen molar-refractivity contribution >= 4 is 39.0 Å². The lowest BCUT2D eigenvalue weighted by molar-refractivity contribution is 0.601. The molecule has 2 aromatic carbocycles. The number of rotatable bonds is 7. The van der Waals surface area contributed by atoms with Gasteiger partial charge in [0.05, 0.1) is 4.90 Å². The van der Waals surface area contributed by atoms with E-state index in [4.69, 9.17) is 0 Å². The Hall–Kier alpha value is -3.33. The first-order valence-electron chi connectivity index (χ1n) is 8.20. The van der Waals surface area contributed by atoms with E-state index in [1.54, 1.807) is 26.2 Å². The highest BCUT2D eigenvalue weighted by Gasteiger charge is 2.16. The third kappa shape index (κ3) is 4.64. The van der Waals surface area contributed by atoms with Gasteiger partial charge in [-0.3, -0.25) is 4.72 Å². The zero-order valence-electron chi connectivity index (χ0n) is 14.9. The average molecular weight is 384 g/mol. The third-order valence-corrected chi connectivity index (χ3v) is 5.04. The van der Waals surface area contributed by atoms with Crippen LogP contribution in [0.3, 0.4) is 0 Å². The second kappa shape index (κ2) is 7.92. The highest BCUT2D eigenvalue weighted by atomic mass is 32.2. The second-order valence-corrected chi connectivity index (χ2v) is 7.27. The van der Waals surface area contributed by atoms with Gasteiger partial charge in [0.2, 0.25) is 5.95 Å². The molecule has 27 heavy (non-hydrogen) atoms. The fourth-order valence-electron chi connectivity index (χ4n) is 2.34. The summed E-state index contributed by atoms with van der Waals surface area (Å²) in [6.45, 7) is 0. The summed E-state index contributed by atoms with van der Waals surface area (Å²) in [5.74, 6) is 0.974. The summed E-state index contributed by atoms with van der Waals surface area (Å²) < 4.78 is 27.7. The van der Waals surface area contributed by atoms with E-state index in [9.17, 15) is 8.42 Å². The van der Waals surface area contributed by atoms with Crippen molar-refractivity contribution in [3.05, 3.63) is 60.7 Å². The number of para-hydroxylation sites is 1. The molecule has 1 heterocycles. The summed E-state index contributed by atoms with van der Waals surface area (Å²) in [6.07, 6.45) is 0. The van der Waals surface area contributed by atoms with Crippen molar-refractivity contribution in [2.24, 2.45) is 0 Å². The van der Waals surface area contributed by atoms with Crippen LogP contribution in [0.5, 0.6) is 0 Å². The number of benzene rings is 2. The molecule has 0 unspecified atom stereocenters. The molecule has 140 valence electrons. The topological polar surface area (TPSA) is 108 Å². The highest BCUT2D eigenvalue weighted by molar-refractivity contribution is 7.92. The molecule has 0 saturated carbocycles. The van der Waals surface area contributed by atoms with E-state index >= 15 is 0 Å². The molecule has 0 aliphatic carbocycles. The molecule has 0 aliphatic heterocycles. The van der Waals surface area contributed by atoms with Crippen LogP contribution in [0.15, 0.2) is 65.6 Å². The van der Waals surface area contributed by atoms with Gasteiger partial charge in [0.15, 0.2) is 0 Å². The van der Waals surface area contributed by atoms with Crippen LogP contribution >= 0.6 is 0 Å². The zero-order chi connectivity index (χ0) is 19.3. The van der Waals surface area contributed by atoms with Crippen molar-refractivity contribution < 1.29 is 8.42 Å². The quantitative estimate of drug-likeness (QED) is 0.496. The number of hydrogen-bond acceptors (Lipinski definition) is 7. The van der Waals surface area contributed by atoms with Crippen molar-refractivity contribution in [1.29, 1.82) is 0 Å². The van der Waals surface area contributed by atoms with Gasteiger partial charge in [0.1, 0.15) is 11.6 Å². The van der Waals surface area contributed by atoms with Gasteiger partial charge >= 0.3 is 0 Å². The molecule has 8 nitrogen and oxygen atoms in total. The van der Waals surface area contributed by atoms with Crippen LogP contribution in [-0.2, 0) is 10.0 Å². The molecule has 1 aromatic heterocycles. The Morgan fingerprint density at radius 1 is 0.778 bits per heavy atom. The number of nitrogens with zero attached hydrogens (tertiary/aromatic N) is 2. The monoisotopic (exact) mass is 384 g/mol. The molecular weight excluding hydrogens is 364 g/mol. The van der Waals surface area contributed by atoms with E-state index < -0.39 is 10.0 Å². The van der Waals surface area contributed by atoms with E-state index in [0.29, 0.717) is 11.8 Å². The largest absolute Gasteiger partial charge is 0.373 e. The Bertz CT molecular complexity index is 986. The first-order valence-corrected chi connectivity index (χ1v) is 9.68. The van der Waals surface area contributed by atoms with Gasteiger partial charge in [-0.25, -0.2) is 8.42 Å². The maximum Gasteiger partial charge on any atom is 0.263 e. The van der Waals surface area contributed by atoms with Crippen LogP contribution in [0.1, 0.15) is 0 Å². The maximum absolute atomic E-state index is 12.6. The van der Waals surface area contributed by atoms with E-state index in [1.165, 1.54) is 18.2 Å². The number of aromatic nitrogens is 2. The minimum absolute atomic E-state index is 0.136. The van der Waals surface area contributed by atoms with Crippen molar-refractivity contribution in [2.75, 3.05) is 34.8 Å². The Morgan fingerprint density at radius 3 is 2.04 bits per heavy atom. The van der Waals surface area contributed by atoms with Gasteiger partial charge in [-0.05, 0) is 36.4 Å². The third-order valence-electron chi connectivity index (χ3n) is 3.67.